The summed E-state index contributed by atoms with van der Waals surface area (Å²) >= 11 is 0. The molecule has 0 amide bonds. The number of nitrogens with zero attached hydrogens (tertiary/aromatic N) is 1. The lowest BCUT2D eigenvalue weighted by Crippen LogP contribution is -2.10. The van der Waals surface area contributed by atoms with Gasteiger partial charge in [0.2, 0.25) is 0 Å². The number of hydrogen-bond acceptors (Lipinski definition) is 2. The monoisotopic (exact) mass is 184 g/mol. The van der Waals surface area contributed by atoms with Crippen LogP contribution in [-0.4, -0.2) is 20.2 Å². The van der Waals surface area contributed by atoms with E-state index in [0.717, 1.165) is 41.3 Å². The van der Waals surface area contributed by atoms with Crippen molar-refractivity contribution in [3.05, 3.63) is 11.4 Å². The molecule has 1 N–H and O–H groups in total. The van der Waals surface area contributed by atoms with Crippen LogP contribution in [0.3, 0.4) is 0 Å². The maximum atomic E-state index is 11.6. The van der Waals surface area contributed by atoms with Crippen LogP contribution < -0.4 is 0 Å². The number of nitrogens with one attached hydrogen (secondary N) is 1. The van der Waals surface area contributed by atoms with Crippen LogP contribution in [0.1, 0.15) is 24.7 Å². The minimum absolute atomic E-state index is 0.789. The number of hydrogen-bond donors (Lipinski definition) is 1. The summed E-state index contributed by atoms with van der Waals surface area (Å²) in [4.78, 5) is 0.990. The first-order chi connectivity index (χ1) is 5.83. The maximum Gasteiger partial charge on any atom is 0.0829 e. The number of aromatic amines is 1. The summed E-state index contributed by atoms with van der Waals surface area (Å²) in [6.07, 6.45) is 2.90. The fourth-order valence-electron chi connectivity index (χ4n) is 1.57. The van der Waals surface area contributed by atoms with E-state index in [1.54, 1.807) is 0 Å². The molecular weight excluding hydrogens is 172 g/mol. The molecule has 0 saturated heterocycles. The van der Waals surface area contributed by atoms with Gasteiger partial charge in [-0.05, 0) is 19.3 Å². The zero-order valence-electron chi connectivity index (χ0n) is 7.09. The van der Waals surface area contributed by atoms with Gasteiger partial charge >= 0.3 is 0 Å². The summed E-state index contributed by atoms with van der Waals surface area (Å²) in [6, 6.07) is 0. The van der Waals surface area contributed by atoms with Crippen LogP contribution in [0.15, 0.2) is 4.90 Å². The number of aromatic nitrogens is 2. The van der Waals surface area contributed by atoms with Gasteiger partial charge < -0.3 is 0 Å². The molecule has 2 heterocycles. The van der Waals surface area contributed by atoms with Gasteiger partial charge in [-0.1, -0.05) is 6.92 Å². The Morgan fingerprint density at radius 2 is 2.50 bits per heavy atom. The predicted molar refractivity (Wildman–Crippen MR) is 47.6 cm³/mol. The molecule has 66 valence electrons. The first-order valence-electron chi connectivity index (χ1n) is 4.27. The third-order valence-corrected chi connectivity index (χ3v) is 3.78. The van der Waals surface area contributed by atoms with Gasteiger partial charge in [-0.15, -0.1) is 0 Å². The largest absolute Gasteiger partial charge is 0.281 e. The zero-order chi connectivity index (χ0) is 8.55. The first-order valence-corrected chi connectivity index (χ1v) is 5.59. The molecule has 12 heavy (non-hydrogen) atoms. The van der Waals surface area contributed by atoms with Crippen molar-refractivity contribution < 1.29 is 4.21 Å². The van der Waals surface area contributed by atoms with Crippen LogP contribution in [0.2, 0.25) is 0 Å². The van der Waals surface area contributed by atoms with Gasteiger partial charge in [0.1, 0.15) is 0 Å². The number of aryl methyl sites for hydroxylation is 2. The molecule has 1 atom stereocenters. The second-order valence-electron chi connectivity index (χ2n) is 2.98. The van der Waals surface area contributed by atoms with Gasteiger partial charge in [0.25, 0.3) is 0 Å². The van der Waals surface area contributed by atoms with Crippen molar-refractivity contribution in [2.45, 2.75) is 31.1 Å². The zero-order valence-corrected chi connectivity index (χ0v) is 7.91. The Bertz CT molecular complexity index is 305. The van der Waals surface area contributed by atoms with E-state index < -0.39 is 10.8 Å². The summed E-state index contributed by atoms with van der Waals surface area (Å²) in [7, 11) is -0.789. The molecule has 0 fully saturated rings. The second-order valence-corrected chi connectivity index (χ2v) is 4.49. The third-order valence-electron chi connectivity index (χ3n) is 2.18. The average Bonchev–Trinajstić information content (AvgIpc) is 2.49. The van der Waals surface area contributed by atoms with Crippen molar-refractivity contribution in [1.82, 2.24) is 10.2 Å². The van der Waals surface area contributed by atoms with Crippen LogP contribution >= 0.6 is 0 Å². The molecule has 1 aliphatic rings. The molecule has 2 rings (SSSR count). The smallest absolute Gasteiger partial charge is 0.0829 e. The Morgan fingerprint density at radius 3 is 3.25 bits per heavy atom. The molecule has 1 aromatic rings. The topological polar surface area (TPSA) is 45.8 Å². The molecule has 0 aliphatic carbocycles. The van der Waals surface area contributed by atoms with Crippen LogP contribution in [0.4, 0.5) is 0 Å². The number of H-pyrrole nitrogens is 1. The van der Waals surface area contributed by atoms with Crippen molar-refractivity contribution in [2.75, 3.05) is 5.75 Å². The van der Waals surface area contributed by atoms with Crippen LogP contribution in [0.5, 0.6) is 0 Å². The molecule has 3 nitrogen and oxygen atoms in total. The Morgan fingerprint density at radius 1 is 1.67 bits per heavy atom. The van der Waals surface area contributed by atoms with Crippen molar-refractivity contribution in [3.8, 4) is 0 Å². The Kier molecular flexibility index (Phi) is 2.00. The van der Waals surface area contributed by atoms with E-state index in [4.69, 9.17) is 0 Å². The van der Waals surface area contributed by atoms with E-state index in [2.05, 4.69) is 10.2 Å². The first kappa shape index (κ1) is 7.98. The van der Waals surface area contributed by atoms with Gasteiger partial charge in [0.05, 0.1) is 27.1 Å². The van der Waals surface area contributed by atoms with Crippen molar-refractivity contribution >= 4 is 10.8 Å². The lowest BCUT2D eigenvalue weighted by molar-refractivity contribution is 0.672. The van der Waals surface area contributed by atoms with E-state index in [0.29, 0.717) is 0 Å². The highest BCUT2D eigenvalue weighted by molar-refractivity contribution is 7.85. The molecule has 0 spiro atoms. The maximum absolute atomic E-state index is 11.6. The van der Waals surface area contributed by atoms with E-state index in [-0.39, 0.29) is 0 Å². The Hall–Kier alpha value is -0.640. The molecule has 0 bridgehead atoms. The van der Waals surface area contributed by atoms with Gasteiger partial charge in [-0.3, -0.25) is 9.31 Å². The van der Waals surface area contributed by atoms with Crippen LogP contribution in [0, 0.1) is 0 Å². The molecule has 0 saturated carbocycles. The van der Waals surface area contributed by atoms with E-state index in [9.17, 15) is 4.21 Å². The van der Waals surface area contributed by atoms with Crippen LogP contribution in [0.25, 0.3) is 0 Å². The van der Waals surface area contributed by atoms with E-state index >= 15 is 0 Å². The van der Waals surface area contributed by atoms with Crippen molar-refractivity contribution in [1.29, 1.82) is 0 Å². The third kappa shape index (κ3) is 1.10. The lowest BCUT2D eigenvalue weighted by atomic mass is 10.2. The number of fused-ring (bicyclic) bond motifs is 1. The average molecular weight is 184 g/mol. The van der Waals surface area contributed by atoms with Crippen molar-refractivity contribution in [3.63, 3.8) is 0 Å². The van der Waals surface area contributed by atoms with Gasteiger partial charge in [0.15, 0.2) is 0 Å². The molecule has 1 aliphatic heterocycles. The number of rotatable bonds is 1. The Balaban J connectivity index is 2.50. The molecule has 4 heteroatoms. The summed E-state index contributed by atoms with van der Waals surface area (Å²) in [5, 5.41) is 7.11. The van der Waals surface area contributed by atoms with Crippen LogP contribution in [-0.2, 0) is 23.6 Å². The standard InChI is InChI=1S/C8H12N2OS/c1-2-6-8-7(10-9-6)4-3-5-12(8)11/h2-5H2,1H3,(H,9,10). The highest BCUT2D eigenvalue weighted by atomic mass is 32.2. The fraction of sp³-hybridized carbons (Fsp3) is 0.625. The summed E-state index contributed by atoms with van der Waals surface area (Å²) in [5.74, 6) is 0.805. The summed E-state index contributed by atoms with van der Waals surface area (Å²) in [6.45, 7) is 2.04. The van der Waals surface area contributed by atoms with Crippen molar-refractivity contribution in [2.24, 2.45) is 0 Å². The Labute approximate surface area is 74.0 Å². The summed E-state index contributed by atoms with van der Waals surface area (Å²) in [5.41, 5.74) is 2.08. The molecule has 1 unspecified atom stereocenters. The highest BCUT2D eigenvalue weighted by Crippen LogP contribution is 2.23. The molecular formula is C8H12N2OS. The quantitative estimate of drug-likeness (QED) is 0.708. The second kappa shape index (κ2) is 3.01. The summed E-state index contributed by atoms with van der Waals surface area (Å²) < 4.78 is 11.6. The normalized spacial score (nSPS) is 22.2. The lowest BCUT2D eigenvalue weighted by Gasteiger charge is -2.09. The van der Waals surface area contributed by atoms with E-state index in [1.807, 2.05) is 6.92 Å². The highest BCUT2D eigenvalue weighted by Gasteiger charge is 2.21. The van der Waals surface area contributed by atoms with Gasteiger partial charge in [-0.2, -0.15) is 5.10 Å². The SMILES string of the molecule is CCc1n[nH]c2c1S(=O)CCC2. The van der Waals surface area contributed by atoms with E-state index in [1.165, 1.54) is 0 Å². The van der Waals surface area contributed by atoms with Gasteiger partial charge in [-0.25, -0.2) is 0 Å². The molecule has 0 aromatic carbocycles. The predicted octanol–water partition coefficient (Wildman–Crippen LogP) is 1.03. The molecule has 1 aromatic heterocycles. The minimum Gasteiger partial charge on any atom is -0.281 e. The molecule has 0 radical (unpaired) electrons. The fourth-order valence-corrected chi connectivity index (χ4v) is 3.06. The minimum atomic E-state index is -0.789. The van der Waals surface area contributed by atoms with Gasteiger partial charge in [0, 0.05) is 5.75 Å².